The van der Waals surface area contributed by atoms with Crippen LogP contribution >= 0.6 is 0 Å². The standard InChI is InChI=1S/C21H17F3N2O4/c1-25-18(28)14-7-3-5-9-16(14)26-17(27)10-11-20(25,26)19(29)30-12-13-6-2-4-8-15(13)21(22,23)24/h2-9H,10-12H2,1H3/t20-/m0/s1. The summed E-state index contributed by atoms with van der Waals surface area (Å²) in [6.07, 6.45) is -4.62. The molecule has 1 fully saturated rings. The molecule has 2 aliphatic rings. The maximum atomic E-state index is 13.2. The van der Waals surface area contributed by atoms with Crippen LogP contribution in [-0.4, -0.2) is 35.4 Å². The van der Waals surface area contributed by atoms with Gasteiger partial charge in [0.05, 0.1) is 16.8 Å². The third-order valence-corrected chi connectivity index (χ3v) is 5.55. The molecule has 2 aromatic carbocycles. The number of benzene rings is 2. The number of hydrogen-bond acceptors (Lipinski definition) is 4. The zero-order valence-corrected chi connectivity index (χ0v) is 15.9. The Balaban J connectivity index is 1.69. The Morgan fingerprint density at radius 3 is 2.50 bits per heavy atom. The smallest absolute Gasteiger partial charge is 0.416 e. The van der Waals surface area contributed by atoms with Gasteiger partial charge in [-0.1, -0.05) is 30.3 Å². The second-order valence-electron chi connectivity index (χ2n) is 7.16. The SMILES string of the molecule is CN1C(=O)c2ccccc2N2C(=O)CC[C@]12C(=O)OCc1ccccc1C(F)(F)F. The topological polar surface area (TPSA) is 66.9 Å². The summed E-state index contributed by atoms with van der Waals surface area (Å²) in [5.41, 5.74) is -2.30. The monoisotopic (exact) mass is 418 g/mol. The number of carbonyl (C=O) groups is 3. The second kappa shape index (κ2) is 6.86. The molecular weight excluding hydrogens is 401 g/mol. The van der Waals surface area contributed by atoms with E-state index < -0.39 is 35.9 Å². The van der Waals surface area contributed by atoms with Crippen LogP contribution in [0.25, 0.3) is 0 Å². The van der Waals surface area contributed by atoms with Gasteiger partial charge in [-0.05, 0) is 18.2 Å². The van der Waals surface area contributed by atoms with Crippen molar-refractivity contribution in [3.63, 3.8) is 0 Å². The minimum absolute atomic E-state index is 0.000191. The number of hydrogen-bond donors (Lipinski definition) is 0. The summed E-state index contributed by atoms with van der Waals surface area (Å²) in [6.45, 7) is -0.637. The Labute approximate surface area is 169 Å². The van der Waals surface area contributed by atoms with Gasteiger partial charge < -0.3 is 9.64 Å². The fourth-order valence-corrected chi connectivity index (χ4v) is 4.07. The number of ether oxygens (including phenoxy) is 1. The molecule has 6 nitrogen and oxygen atoms in total. The van der Waals surface area contributed by atoms with Crippen molar-refractivity contribution in [1.29, 1.82) is 0 Å². The predicted molar refractivity (Wildman–Crippen MR) is 99.2 cm³/mol. The number of alkyl halides is 3. The molecule has 2 amide bonds. The lowest BCUT2D eigenvalue weighted by Gasteiger charge is -2.46. The number of amides is 2. The van der Waals surface area contributed by atoms with E-state index in [-0.39, 0.29) is 35.6 Å². The van der Waals surface area contributed by atoms with Crippen LogP contribution in [0.1, 0.15) is 34.3 Å². The fourth-order valence-electron chi connectivity index (χ4n) is 4.07. The van der Waals surface area contributed by atoms with Crippen molar-refractivity contribution in [3.05, 3.63) is 65.2 Å². The minimum Gasteiger partial charge on any atom is -0.458 e. The van der Waals surface area contributed by atoms with Crippen molar-refractivity contribution in [2.75, 3.05) is 11.9 Å². The number of para-hydroxylation sites is 1. The lowest BCUT2D eigenvalue weighted by molar-refractivity contribution is -0.159. The van der Waals surface area contributed by atoms with Gasteiger partial charge in [0, 0.05) is 25.5 Å². The van der Waals surface area contributed by atoms with E-state index in [1.807, 2.05) is 0 Å². The lowest BCUT2D eigenvalue weighted by atomic mass is 9.97. The third kappa shape index (κ3) is 2.84. The van der Waals surface area contributed by atoms with Crippen molar-refractivity contribution in [2.45, 2.75) is 31.3 Å². The molecule has 2 aromatic rings. The van der Waals surface area contributed by atoms with Crippen LogP contribution in [-0.2, 0) is 27.1 Å². The first-order valence-corrected chi connectivity index (χ1v) is 9.20. The summed E-state index contributed by atoms with van der Waals surface area (Å²) < 4.78 is 44.9. The summed E-state index contributed by atoms with van der Waals surface area (Å²) in [6, 6.07) is 11.2. The Morgan fingerprint density at radius 1 is 1.10 bits per heavy atom. The Hall–Kier alpha value is -3.36. The van der Waals surface area contributed by atoms with Crippen LogP contribution in [0.5, 0.6) is 0 Å². The lowest BCUT2D eigenvalue weighted by Crippen LogP contribution is -2.67. The van der Waals surface area contributed by atoms with Gasteiger partial charge in [0.25, 0.3) is 5.91 Å². The highest BCUT2D eigenvalue weighted by molar-refractivity contribution is 6.15. The van der Waals surface area contributed by atoms with Crippen LogP contribution < -0.4 is 4.90 Å². The van der Waals surface area contributed by atoms with E-state index in [1.54, 1.807) is 24.3 Å². The molecule has 0 aliphatic carbocycles. The summed E-state index contributed by atoms with van der Waals surface area (Å²) in [5.74, 6) is -1.78. The maximum Gasteiger partial charge on any atom is 0.416 e. The zero-order chi connectivity index (χ0) is 21.7. The summed E-state index contributed by atoms with van der Waals surface area (Å²) in [5, 5.41) is 0. The van der Waals surface area contributed by atoms with E-state index in [9.17, 15) is 27.6 Å². The second-order valence-corrected chi connectivity index (χ2v) is 7.16. The van der Waals surface area contributed by atoms with Gasteiger partial charge in [-0.15, -0.1) is 0 Å². The number of anilines is 1. The van der Waals surface area contributed by atoms with Crippen molar-refractivity contribution < 1.29 is 32.3 Å². The van der Waals surface area contributed by atoms with E-state index in [4.69, 9.17) is 4.74 Å². The molecule has 1 atom stereocenters. The van der Waals surface area contributed by atoms with E-state index in [0.29, 0.717) is 0 Å². The first kappa shape index (κ1) is 19.9. The zero-order valence-electron chi connectivity index (χ0n) is 15.9. The third-order valence-electron chi connectivity index (χ3n) is 5.55. The average molecular weight is 418 g/mol. The van der Waals surface area contributed by atoms with Gasteiger partial charge in [-0.3, -0.25) is 14.5 Å². The molecule has 1 saturated heterocycles. The van der Waals surface area contributed by atoms with Crippen molar-refractivity contribution in [3.8, 4) is 0 Å². The highest BCUT2D eigenvalue weighted by Gasteiger charge is 2.60. The molecule has 156 valence electrons. The minimum atomic E-state index is -4.60. The highest BCUT2D eigenvalue weighted by atomic mass is 19.4. The number of esters is 1. The van der Waals surface area contributed by atoms with Crippen LogP contribution in [0.15, 0.2) is 48.5 Å². The molecule has 0 bridgehead atoms. The van der Waals surface area contributed by atoms with E-state index in [0.717, 1.165) is 11.0 Å². The first-order valence-electron chi connectivity index (χ1n) is 9.20. The molecule has 9 heteroatoms. The summed E-state index contributed by atoms with van der Waals surface area (Å²) in [4.78, 5) is 41.0. The predicted octanol–water partition coefficient (Wildman–Crippen LogP) is 3.36. The fraction of sp³-hybridized carbons (Fsp3) is 0.286. The highest BCUT2D eigenvalue weighted by Crippen LogP contribution is 2.44. The van der Waals surface area contributed by atoms with Gasteiger partial charge >= 0.3 is 12.1 Å². The molecule has 0 saturated carbocycles. The first-order chi connectivity index (χ1) is 14.2. The number of carbonyl (C=O) groups excluding carboxylic acids is 3. The summed E-state index contributed by atoms with van der Waals surface area (Å²) >= 11 is 0. The van der Waals surface area contributed by atoms with Gasteiger partial charge in [0.2, 0.25) is 11.6 Å². The van der Waals surface area contributed by atoms with Crippen LogP contribution in [0.2, 0.25) is 0 Å². The largest absolute Gasteiger partial charge is 0.458 e. The van der Waals surface area contributed by atoms with Crippen LogP contribution in [0.3, 0.4) is 0 Å². The van der Waals surface area contributed by atoms with Gasteiger partial charge in [0.1, 0.15) is 6.61 Å². The number of likely N-dealkylation sites (N-methyl/N-ethyl adjacent to an activating group) is 1. The number of halogens is 3. The molecule has 0 aromatic heterocycles. The van der Waals surface area contributed by atoms with E-state index >= 15 is 0 Å². The van der Waals surface area contributed by atoms with Gasteiger partial charge in [0.15, 0.2) is 0 Å². The van der Waals surface area contributed by atoms with Crippen LogP contribution in [0.4, 0.5) is 18.9 Å². The molecule has 0 spiro atoms. The average Bonchev–Trinajstić information content (AvgIpc) is 3.08. The normalized spacial score (nSPS) is 20.8. The molecule has 2 heterocycles. The molecule has 0 N–H and O–H groups in total. The van der Waals surface area contributed by atoms with E-state index in [1.165, 1.54) is 30.1 Å². The van der Waals surface area contributed by atoms with Crippen molar-refractivity contribution in [1.82, 2.24) is 4.90 Å². The van der Waals surface area contributed by atoms with Gasteiger partial charge in [-0.25, -0.2) is 4.79 Å². The maximum absolute atomic E-state index is 13.2. The molecule has 4 rings (SSSR count). The molecule has 0 unspecified atom stereocenters. The van der Waals surface area contributed by atoms with E-state index in [2.05, 4.69) is 0 Å². The molecule has 2 aliphatic heterocycles. The number of rotatable bonds is 3. The Bertz CT molecular complexity index is 1050. The van der Waals surface area contributed by atoms with Crippen LogP contribution in [0, 0.1) is 0 Å². The van der Waals surface area contributed by atoms with Gasteiger partial charge in [-0.2, -0.15) is 13.2 Å². The van der Waals surface area contributed by atoms with Crippen molar-refractivity contribution in [2.24, 2.45) is 0 Å². The number of fused-ring (bicyclic) bond motifs is 3. The molecular formula is C21H17F3N2O4. The quantitative estimate of drug-likeness (QED) is 0.717. The molecule has 0 radical (unpaired) electrons. The van der Waals surface area contributed by atoms with Crippen molar-refractivity contribution >= 4 is 23.5 Å². The molecule has 30 heavy (non-hydrogen) atoms. The number of nitrogens with zero attached hydrogens (tertiary/aromatic N) is 2. The summed E-state index contributed by atoms with van der Waals surface area (Å²) in [7, 11) is 1.38. The Morgan fingerprint density at radius 2 is 1.77 bits per heavy atom. The Kier molecular flexibility index (Phi) is 4.56.